The molecule has 150 valence electrons. The second kappa shape index (κ2) is 10.1. The van der Waals surface area contributed by atoms with Crippen LogP contribution in [0.5, 0.6) is 0 Å². The number of amides is 3. The molecule has 0 aliphatic carbocycles. The summed E-state index contributed by atoms with van der Waals surface area (Å²) in [7, 11) is 0. The van der Waals surface area contributed by atoms with Gasteiger partial charge in [-0.25, -0.2) is 4.79 Å². The van der Waals surface area contributed by atoms with Gasteiger partial charge < -0.3 is 15.7 Å². The summed E-state index contributed by atoms with van der Waals surface area (Å²) >= 11 is 0. The van der Waals surface area contributed by atoms with Gasteiger partial charge in [-0.2, -0.15) is 0 Å². The molecule has 1 atom stereocenters. The summed E-state index contributed by atoms with van der Waals surface area (Å²) in [5, 5.41) is 15.5. The predicted molar refractivity (Wildman–Crippen MR) is 107 cm³/mol. The number of benzene rings is 1. The van der Waals surface area contributed by atoms with Crippen LogP contribution >= 0.6 is 12.4 Å². The molecule has 1 aromatic rings. The van der Waals surface area contributed by atoms with Crippen LogP contribution in [0.1, 0.15) is 37.7 Å². The maximum Gasteiger partial charge on any atom is 0.325 e. The van der Waals surface area contributed by atoms with E-state index in [9.17, 15) is 9.59 Å². The van der Waals surface area contributed by atoms with Crippen molar-refractivity contribution in [1.29, 1.82) is 0 Å². The molecule has 2 aliphatic heterocycles. The molecule has 0 bridgehead atoms. The van der Waals surface area contributed by atoms with Crippen molar-refractivity contribution in [1.82, 2.24) is 15.5 Å². The molecule has 1 unspecified atom stereocenters. The van der Waals surface area contributed by atoms with E-state index in [1.54, 1.807) is 0 Å². The van der Waals surface area contributed by atoms with E-state index >= 15 is 0 Å². The van der Waals surface area contributed by atoms with Gasteiger partial charge in [0.2, 0.25) is 0 Å². The Balaban J connectivity index is 0.00000261. The predicted octanol–water partition coefficient (Wildman–Crippen LogP) is 2.10. The number of carbonyl (C=O) groups is 2. The van der Waals surface area contributed by atoms with Crippen LogP contribution in [0, 0.1) is 5.92 Å². The van der Waals surface area contributed by atoms with Crippen molar-refractivity contribution in [3.8, 4) is 0 Å². The SMILES string of the molecule is Cl.O=C1NC(CCCc2ccccc2)(C2CCNCC2)C(=O)N1CCCO. The summed E-state index contributed by atoms with van der Waals surface area (Å²) in [6, 6.07) is 9.94. The topological polar surface area (TPSA) is 81.7 Å². The van der Waals surface area contributed by atoms with Crippen LogP contribution in [0.25, 0.3) is 0 Å². The van der Waals surface area contributed by atoms with E-state index in [1.807, 2.05) is 18.2 Å². The first-order valence-corrected chi connectivity index (χ1v) is 9.67. The minimum atomic E-state index is -0.788. The monoisotopic (exact) mass is 395 g/mol. The Kier molecular flexibility index (Phi) is 8.07. The number of hydrogen-bond acceptors (Lipinski definition) is 4. The van der Waals surface area contributed by atoms with E-state index in [0.29, 0.717) is 12.8 Å². The first kappa shape index (κ1) is 21.7. The molecule has 27 heavy (non-hydrogen) atoms. The molecule has 2 heterocycles. The second-order valence-electron chi connectivity index (χ2n) is 7.30. The zero-order valence-electron chi connectivity index (χ0n) is 15.7. The van der Waals surface area contributed by atoms with Crippen LogP contribution in [-0.4, -0.2) is 53.7 Å². The van der Waals surface area contributed by atoms with Gasteiger partial charge in [0.05, 0.1) is 0 Å². The van der Waals surface area contributed by atoms with Gasteiger partial charge in [-0.1, -0.05) is 30.3 Å². The van der Waals surface area contributed by atoms with Gasteiger partial charge in [0.15, 0.2) is 0 Å². The molecule has 2 saturated heterocycles. The summed E-state index contributed by atoms with van der Waals surface area (Å²) in [4.78, 5) is 27.0. The zero-order chi connectivity index (χ0) is 18.4. The van der Waals surface area contributed by atoms with Gasteiger partial charge in [0, 0.05) is 13.2 Å². The van der Waals surface area contributed by atoms with Crippen molar-refractivity contribution in [3.05, 3.63) is 35.9 Å². The number of urea groups is 1. The third-order valence-corrected chi connectivity index (χ3v) is 5.66. The molecular formula is C20H30ClN3O3. The van der Waals surface area contributed by atoms with Gasteiger partial charge in [-0.3, -0.25) is 9.69 Å². The molecule has 3 rings (SSSR count). The summed E-state index contributed by atoms with van der Waals surface area (Å²) in [5.41, 5.74) is 0.463. The number of halogens is 1. The van der Waals surface area contributed by atoms with E-state index in [4.69, 9.17) is 5.11 Å². The Bertz CT molecular complexity index is 622. The van der Waals surface area contributed by atoms with Crippen LogP contribution in [0.2, 0.25) is 0 Å². The van der Waals surface area contributed by atoms with Gasteiger partial charge in [0.25, 0.3) is 5.91 Å². The Morgan fingerprint density at radius 1 is 1.11 bits per heavy atom. The number of aryl methyl sites for hydroxylation is 1. The van der Waals surface area contributed by atoms with E-state index in [2.05, 4.69) is 22.8 Å². The normalized spacial score (nSPS) is 23.2. The first-order chi connectivity index (χ1) is 12.7. The van der Waals surface area contributed by atoms with Crippen molar-refractivity contribution in [3.63, 3.8) is 0 Å². The van der Waals surface area contributed by atoms with Crippen molar-refractivity contribution >= 4 is 24.3 Å². The van der Waals surface area contributed by atoms with Crippen LogP contribution in [0.15, 0.2) is 30.3 Å². The second-order valence-corrected chi connectivity index (χ2v) is 7.30. The molecule has 2 aliphatic rings. The number of nitrogens with one attached hydrogen (secondary N) is 2. The summed E-state index contributed by atoms with van der Waals surface area (Å²) in [5.74, 6) is 0.0611. The fourth-order valence-electron chi connectivity index (χ4n) is 4.26. The number of aliphatic hydroxyl groups excluding tert-OH is 1. The fourth-order valence-corrected chi connectivity index (χ4v) is 4.26. The standard InChI is InChI=1S/C20H29N3O3.ClH/c24-15-5-14-23-18(25)20(22-19(23)26,17-9-12-21-13-10-17)11-4-8-16-6-2-1-3-7-16;/h1-3,6-7,17,21,24H,4-5,8-15H2,(H,22,26);1H. The highest BCUT2D eigenvalue weighted by Crippen LogP contribution is 2.36. The number of imide groups is 1. The average Bonchev–Trinajstić information content (AvgIpc) is 2.92. The maximum absolute atomic E-state index is 13.2. The molecule has 7 heteroatoms. The zero-order valence-corrected chi connectivity index (χ0v) is 16.5. The van der Waals surface area contributed by atoms with E-state index in [1.165, 1.54) is 10.5 Å². The van der Waals surface area contributed by atoms with E-state index < -0.39 is 5.54 Å². The molecule has 0 saturated carbocycles. The van der Waals surface area contributed by atoms with Gasteiger partial charge >= 0.3 is 6.03 Å². The Morgan fingerprint density at radius 2 is 1.81 bits per heavy atom. The molecule has 3 N–H and O–H groups in total. The average molecular weight is 396 g/mol. The van der Waals surface area contributed by atoms with Gasteiger partial charge in [0.1, 0.15) is 5.54 Å². The van der Waals surface area contributed by atoms with Crippen LogP contribution in [0.3, 0.4) is 0 Å². The molecular weight excluding hydrogens is 366 g/mol. The van der Waals surface area contributed by atoms with Crippen LogP contribution in [-0.2, 0) is 11.2 Å². The van der Waals surface area contributed by atoms with Crippen molar-refractivity contribution < 1.29 is 14.7 Å². The summed E-state index contributed by atoms with van der Waals surface area (Å²) in [6.45, 7) is 2.02. The molecule has 0 aromatic heterocycles. The molecule has 0 spiro atoms. The lowest BCUT2D eigenvalue weighted by Gasteiger charge is -2.38. The van der Waals surface area contributed by atoms with Crippen molar-refractivity contribution in [2.75, 3.05) is 26.2 Å². The van der Waals surface area contributed by atoms with Gasteiger partial charge in [-0.05, 0) is 63.1 Å². The number of hydrogen-bond donors (Lipinski definition) is 3. The Labute approximate surface area is 167 Å². The highest BCUT2D eigenvalue weighted by molar-refractivity contribution is 6.07. The lowest BCUT2D eigenvalue weighted by Crippen LogP contribution is -2.55. The third-order valence-electron chi connectivity index (χ3n) is 5.66. The minimum absolute atomic E-state index is 0. The number of rotatable bonds is 8. The van der Waals surface area contributed by atoms with E-state index in [0.717, 1.165) is 38.8 Å². The largest absolute Gasteiger partial charge is 0.396 e. The third kappa shape index (κ3) is 4.81. The minimum Gasteiger partial charge on any atom is -0.396 e. The maximum atomic E-state index is 13.2. The molecule has 2 fully saturated rings. The lowest BCUT2D eigenvalue weighted by molar-refractivity contribution is -0.134. The highest BCUT2D eigenvalue weighted by atomic mass is 35.5. The number of nitrogens with zero attached hydrogens (tertiary/aromatic N) is 1. The summed E-state index contributed by atoms with van der Waals surface area (Å²) in [6.07, 6.45) is 4.62. The number of piperidine rings is 1. The van der Waals surface area contributed by atoms with Gasteiger partial charge in [-0.15, -0.1) is 12.4 Å². The lowest BCUT2D eigenvalue weighted by atomic mass is 9.74. The summed E-state index contributed by atoms with van der Waals surface area (Å²) < 4.78 is 0. The smallest absolute Gasteiger partial charge is 0.325 e. The number of carbonyl (C=O) groups excluding carboxylic acids is 2. The quantitative estimate of drug-likeness (QED) is 0.589. The molecule has 1 aromatic carbocycles. The number of aliphatic hydroxyl groups is 1. The first-order valence-electron chi connectivity index (χ1n) is 9.67. The van der Waals surface area contributed by atoms with Crippen molar-refractivity contribution in [2.45, 2.75) is 44.1 Å². The van der Waals surface area contributed by atoms with Crippen LogP contribution < -0.4 is 10.6 Å². The Morgan fingerprint density at radius 3 is 2.48 bits per heavy atom. The highest BCUT2D eigenvalue weighted by Gasteiger charge is 2.54. The molecule has 3 amide bonds. The molecule has 6 nitrogen and oxygen atoms in total. The van der Waals surface area contributed by atoms with Crippen molar-refractivity contribution in [2.24, 2.45) is 5.92 Å². The van der Waals surface area contributed by atoms with Crippen LogP contribution in [0.4, 0.5) is 4.79 Å². The van der Waals surface area contributed by atoms with E-state index in [-0.39, 0.29) is 43.4 Å². The molecule has 0 radical (unpaired) electrons. The Hall–Kier alpha value is -1.63. The fraction of sp³-hybridized carbons (Fsp3) is 0.600.